The Kier molecular flexibility index (Phi) is 3.09. The van der Waals surface area contributed by atoms with Gasteiger partial charge in [-0.2, -0.15) is 0 Å². The Labute approximate surface area is 105 Å². The predicted molar refractivity (Wildman–Crippen MR) is 70.6 cm³/mol. The first kappa shape index (κ1) is 11.1. The second-order valence-electron chi connectivity index (χ2n) is 4.25. The van der Waals surface area contributed by atoms with Gasteiger partial charge in [-0.05, 0) is 24.1 Å². The zero-order chi connectivity index (χ0) is 11.7. The van der Waals surface area contributed by atoms with E-state index in [4.69, 9.17) is 4.74 Å². The molecule has 1 saturated heterocycles. The number of hydrogen-bond donors (Lipinski definition) is 1. The number of benzene rings is 1. The van der Waals surface area contributed by atoms with Crippen LogP contribution < -0.4 is 5.32 Å². The van der Waals surface area contributed by atoms with Gasteiger partial charge in [-0.1, -0.05) is 13.0 Å². The van der Waals surface area contributed by atoms with Crippen LogP contribution >= 0.6 is 11.3 Å². The molecule has 3 rings (SSSR count). The molecule has 0 aliphatic carbocycles. The van der Waals surface area contributed by atoms with Crippen LogP contribution in [0.3, 0.4) is 0 Å². The lowest BCUT2D eigenvalue weighted by atomic mass is 10.1. The molecule has 1 aromatic carbocycles. The summed E-state index contributed by atoms with van der Waals surface area (Å²) in [6.45, 7) is 4.81. The monoisotopic (exact) mass is 248 g/mol. The first-order valence-electron chi connectivity index (χ1n) is 6.08. The van der Waals surface area contributed by atoms with E-state index < -0.39 is 0 Å². The molecule has 1 fully saturated rings. The lowest BCUT2D eigenvalue weighted by Crippen LogP contribution is -2.33. The smallest absolute Gasteiger partial charge is 0.0950 e. The largest absolute Gasteiger partial charge is 0.371 e. The molecule has 1 aliphatic heterocycles. The number of aryl methyl sites for hydroxylation is 1. The van der Waals surface area contributed by atoms with E-state index in [1.807, 2.05) is 0 Å². The lowest BCUT2D eigenvalue weighted by Gasteiger charge is -2.23. The maximum atomic E-state index is 5.77. The molecule has 3 nitrogen and oxygen atoms in total. The third-order valence-corrected chi connectivity index (χ3v) is 4.22. The first-order valence-corrected chi connectivity index (χ1v) is 6.90. The number of fused-ring (bicyclic) bond motifs is 1. The predicted octanol–water partition coefficient (Wildman–Crippen LogP) is 2.52. The molecule has 1 unspecified atom stereocenters. The molecular formula is C13H16N2OS. The van der Waals surface area contributed by atoms with Crippen LogP contribution in [0.5, 0.6) is 0 Å². The van der Waals surface area contributed by atoms with Crippen LogP contribution in [0.4, 0.5) is 0 Å². The van der Waals surface area contributed by atoms with Crippen molar-refractivity contribution >= 4 is 21.6 Å². The SMILES string of the molecule is CCc1nc2ccc(C3CNCCO3)cc2s1. The highest BCUT2D eigenvalue weighted by Crippen LogP contribution is 2.27. The Morgan fingerprint density at radius 2 is 2.47 bits per heavy atom. The van der Waals surface area contributed by atoms with Crippen molar-refractivity contribution in [2.45, 2.75) is 19.4 Å². The molecule has 90 valence electrons. The summed E-state index contributed by atoms with van der Waals surface area (Å²) in [4.78, 5) is 4.58. The van der Waals surface area contributed by atoms with Crippen LogP contribution in [0.15, 0.2) is 18.2 Å². The number of nitrogens with one attached hydrogen (secondary N) is 1. The van der Waals surface area contributed by atoms with Gasteiger partial charge in [-0.15, -0.1) is 11.3 Å². The van der Waals surface area contributed by atoms with E-state index >= 15 is 0 Å². The first-order chi connectivity index (χ1) is 8.36. The number of thiazole rings is 1. The second kappa shape index (κ2) is 4.72. The minimum Gasteiger partial charge on any atom is -0.371 e. The molecule has 0 amide bonds. The van der Waals surface area contributed by atoms with Gasteiger partial charge in [0.2, 0.25) is 0 Å². The van der Waals surface area contributed by atoms with E-state index in [1.165, 1.54) is 15.3 Å². The zero-order valence-electron chi connectivity index (χ0n) is 9.90. The van der Waals surface area contributed by atoms with Gasteiger partial charge >= 0.3 is 0 Å². The van der Waals surface area contributed by atoms with Crippen LogP contribution in [0, 0.1) is 0 Å². The molecule has 0 spiro atoms. The van der Waals surface area contributed by atoms with Gasteiger partial charge in [0, 0.05) is 13.1 Å². The van der Waals surface area contributed by atoms with Crippen molar-refractivity contribution in [2.24, 2.45) is 0 Å². The fourth-order valence-electron chi connectivity index (χ4n) is 2.12. The quantitative estimate of drug-likeness (QED) is 0.886. The second-order valence-corrected chi connectivity index (χ2v) is 5.37. The van der Waals surface area contributed by atoms with E-state index in [-0.39, 0.29) is 6.10 Å². The summed E-state index contributed by atoms with van der Waals surface area (Å²) >= 11 is 1.79. The van der Waals surface area contributed by atoms with Crippen molar-refractivity contribution in [2.75, 3.05) is 19.7 Å². The van der Waals surface area contributed by atoms with E-state index in [1.54, 1.807) is 11.3 Å². The van der Waals surface area contributed by atoms with E-state index in [2.05, 4.69) is 35.4 Å². The third kappa shape index (κ3) is 2.20. The van der Waals surface area contributed by atoms with E-state index in [9.17, 15) is 0 Å². The van der Waals surface area contributed by atoms with Gasteiger partial charge in [0.25, 0.3) is 0 Å². The van der Waals surface area contributed by atoms with Crippen molar-refractivity contribution in [1.29, 1.82) is 0 Å². The van der Waals surface area contributed by atoms with Gasteiger partial charge in [0.1, 0.15) is 0 Å². The molecular weight excluding hydrogens is 232 g/mol. The maximum Gasteiger partial charge on any atom is 0.0950 e. The molecule has 2 heterocycles. The fourth-order valence-corrected chi connectivity index (χ4v) is 3.08. The average molecular weight is 248 g/mol. The van der Waals surface area contributed by atoms with E-state index in [0.29, 0.717) is 0 Å². The van der Waals surface area contributed by atoms with Crippen LogP contribution in [-0.2, 0) is 11.2 Å². The number of ether oxygens (including phenoxy) is 1. The molecule has 0 bridgehead atoms. The normalized spacial score (nSPS) is 20.9. The lowest BCUT2D eigenvalue weighted by molar-refractivity contribution is 0.0278. The minimum absolute atomic E-state index is 0.195. The summed E-state index contributed by atoms with van der Waals surface area (Å²) in [5.41, 5.74) is 2.37. The fraction of sp³-hybridized carbons (Fsp3) is 0.462. The van der Waals surface area contributed by atoms with Crippen LogP contribution in [0.2, 0.25) is 0 Å². The summed E-state index contributed by atoms with van der Waals surface area (Å²) in [5.74, 6) is 0. The molecule has 1 atom stereocenters. The number of morpholine rings is 1. The minimum atomic E-state index is 0.195. The topological polar surface area (TPSA) is 34.2 Å². The standard InChI is InChI=1S/C13H16N2OS/c1-2-13-15-10-4-3-9(7-12(10)17-13)11-8-14-5-6-16-11/h3-4,7,11,14H,2,5-6,8H2,1H3. The highest BCUT2D eigenvalue weighted by Gasteiger charge is 2.16. The molecule has 1 aliphatic rings. The Bertz CT molecular complexity index is 517. The highest BCUT2D eigenvalue weighted by molar-refractivity contribution is 7.18. The van der Waals surface area contributed by atoms with Crippen LogP contribution in [0.25, 0.3) is 10.2 Å². The van der Waals surface area contributed by atoms with Gasteiger partial charge in [-0.25, -0.2) is 4.98 Å². The summed E-state index contributed by atoms with van der Waals surface area (Å²) in [5, 5.41) is 4.57. The van der Waals surface area contributed by atoms with Crippen molar-refractivity contribution in [3.8, 4) is 0 Å². The Balaban J connectivity index is 1.94. The maximum absolute atomic E-state index is 5.77. The number of hydrogen-bond acceptors (Lipinski definition) is 4. The molecule has 1 N–H and O–H groups in total. The van der Waals surface area contributed by atoms with E-state index in [0.717, 1.165) is 31.6 Å². The summed E-state index contributed by atoms with van der Waals surface area (Å²) < 4.78 is 7.04. The Hall–Kier alpha value is -0.970. The van der Waals surface area contributed by atoms with Gasteiger partial charge in [-0.3, -0.25) is 0 Å². The van der Waals surface area contributed by atoms with Crippen molar-refractivity contribution in [3.63, 3.8) is 0 Å². The average Bonchev–Trinajstić information content (AvgIpc) is 2.81. The summed E-state index contributed by atoms with van der Waals surface area (Å²) in [6.07, 6.45) is 1.20. The zero-order valence-corrected chi connectivity index (χ0v) is 10.7. The molecule has 4 heteroatoms. The molecule has 17 heavy (non-hydrogen) atoms. The molecule has 0 saturated carbocycles. The van der Waals surface area contributed by atoms with Gasteiger partial charge in [0.15, 0.2) is 0 Å². The van der Waals surface area contributed by atoms with Gasteiger partial charge in [0.05, 0.1) is 27.9 Å². The number of rotatable bonds is 2. The van der Waals surface area contributed by atoms with Crippen molar-refractivity contribution in [1.82, 2.24) is 10.3 Å². The van der Waals surface area contributed by atoms with Crippen molar-refractivity contribution < 1.29 is 4.74 Å². The third-order valence-electron chi connectivity index (χ3n) is 3.06. The van der Waals surface area contributed by atoms with Crippen LogP contribution in [0.1, 0.15) is 23.6 Å². The van der Waals surface area contributed by atoms with Crippen molar-refractivity contribution in [3.05, 3.63) is 28.8 Å². The molecule has 0 radical (unpaired) electrons. The number of aromatic nitrogens is 1. The van der Waals surface area contributed by atoms with Crippen LogP contribution in [-0.4, -0.2) is 24.7 Å². The van der Waals surface area contributed by atoms with Gasteiger partial charge < -0.3 is 10.1 Å². The Morgan fingerprint density at radius 3 is 3.24 bits per heavy atom. The highest BCUT2D eigenvalue weighted by atomic mass is 32.1. The Morgan fingerprint density at radius 1 is 1.53 bits per heavy atom. The molecule has 1 aromatic heterocycles. The number of nitrogens with zero attached hydrogens (tertiary/aromatic N) is 1. The summed E-state index contributed by atoms with van der Waals surface area (Å²) in [6, 6.07) is 6.47. The summed E-state index contributed by atoms with van der Waals surface area (Å²) in [7, 11) is 0. The molecule has 2 aromatic rings.